The Bertz CT molecular complexity index is 350. The van der Waals surface area contributed by atoms with E-state index in [0.717, 1.165) is 31.2 Å². The quantitative estimate of drug-likeness (QED) is 0.814. The summed E-state index contributed by atoms with van der Waals surface area (Å²) < 4.78 is 0. The van der Waals surface area contributed by atoms with Crippen LogP contribution in [0, 0.1) is 0 Å². The zero-order valence-electron chi connectivity index (χ0n) is 8.35. The SMILES string of the molecule is O=C(O)c1sccc1C1CCC(O)CC1. The molecule has 0 unspecified atom stereocenters. The number of rotatable bonds is 2. The Morgan fingerprint density at radius 3 is 2.60 bits per heavy atom. The van der Waals surface area contributed by atoms with Crippen molar-refractivity contribution in [1.29, 1.82) is 0 Å². The van der Waals surface area contributed by atoms with Crippen molar-refractivity contribution in [3.05, 3.63) is 21.9 Å². The van der Waals surface area contributed by atoms with E-state index in [1.165, 1.54) is 11.3 Å². The van der Waals surface area contributed by atoms with Gasteiger partial charge in [-0.2, -0.15) is 0 Å². The summed E-state index contributed by atoms with van der Waals surface area (Å²) >= 11 is 1.29. The van der Waals surface area contributed by atoms with Crippen LogP contribution in [-0.2, 0) is 0 Å². The van der Waals surface area contributed by atoms with Gasteiger partial charge in [0.1, 0.15) is 4.88 Å². The van der Waals surface area contributed by atoms with Crippen LogP contribution in [0.4, 0.5) is 0 Å². The molecule has 4 heteroatoms. The van der Waals surface area contributed by atoms with Crippen LogP contribution in [0.3, 0.4) is 0 Å². The van der Waals surface area contributed by atoms with E-state index in [1.807, 2.05) is 11.4 Å². The standard InChI is InChI=1S/C11H14O3S/c12-8-3-1-7(2-4-8)9-5-6-15-10(9)11(13)14/h5-8,12H,1-4H2,(H,13,14). The molecule has 0 aromatic carbocycles. The summed E-state index contributed by atoms with van der Waals surface area (Å²) in [6.07, 6.45) is 3.20. The fraction of sp³-hybridized carbons (Fsp3) is 0.545. The van der Waals surface area contributed by atoms with Crippen molar-refractivity contribution in [2.45, 2.75) is 37.7 Å². The van der Waals surface area contributed by atoms with Crippen molar-refractivity contribution in [2.24, 2.45) is 0 Å². The van der Waals surface area contributed by atoms with Gasteiger partial charge in [-0.05, 0) is 48.6 Å². The number of aliphatic hydroxyl groups excluding tert-OH is 1. The molecule has 1 aliphatic rings. The van der Waals surface area contributed by atoms with Crippen LogP contribution >= 0.6 is 11.3 Å². The van der Waals surface area contributed by atoms with Gasteiger partial charge >= 0.3 is 5.97 Å². The number of carbonyl (C=O) groups is 1. The number of aliphatic hydroxyl groups is 1. The van der Waals surface area contributed by atoms with Crippen LogP contribution in [0.15, 0.2) is 11.4 Å². The number of hydrogen-bond donors (Lipinski definition) is 2. The summed E-state index contributed by atoms with van der Waals surface area (Å²) in [6, 6.07) is 1.91. The summed E-state index contributed by atoms with van der Waals surface area (Å²) in [5.74, 6) is -0.503. The van der Waals surface area contributed by atoms with Gasteiger partial charge in [-0.3, -0.25) is 0 Å². The van der Waals surface area contributed by atoms with Crippen LogP contribution in [-0.4, -0.2) is 22.3 Å². The number of carboxylic acids is 1. The van der Waals surface area contributed by atoms with Gasteiger partial charge in [-0.15, -0.1) is 11.3 Å². The predicted octanol–water partition coefficient (Wildman–Crippen LogP) is 2.46. The van der Waals surface area contributed by atoms with Gasteiger partial charge in [0, 0.05) is 0 Å². The molecule has 1 fully saturated rings. The molecule has 1 aromatic rings. The molecule has 0 spiro atoms. The number of hydrogen-bond acceptors (Lipinski definition) is 3. The average Bonchev–Trinajstić information content (AvgIpc) is 2.67. The van der Waals surface area contributed by atoms with Crippen LogP contribution in [0.2, 0.25) is 0 Å². The normalized spacial score (nSPS) is 26.5. The lowest BCUT2D eigenvalue weighted by molar-refractivity contribution is 0.0699. The third kappa shape index (κ3) is 2.21. The van der Waals surface area contributed by atoms with E-state index in [2.05, 4.69) is 0 Å². The maximum absolute atomic E-state index is 11.0. The maximum Gasteiger partial charge on any atom is 0.346 e. The van der Waals surface area contributed by atoms with Crippen molar-refractivity contribution in [2.75, 3.05) is 0 Å². The van der Waals surface area contributed by atoms with E-state index in [0.29, 0.717) is 10.8 Å². The maximum atomic E-state index is 11.0. The van der Waals surface area contributed by atoms with Gasteiger partial charge in [0.2, 0.25) is 0 Å². The van der Waals surface area contributed by atoms with Gasteiger partial charge in [-0.25, -0.2) is 4.79 Å². The smallest absolute Gasteiger partial charge is 0.346 e. The lowest BCUT2D eigenvalue weighted by Gasteiger charge is -2.25. The Labute approximate surface area is 92.4 Å². The minimum Gasteiger partial charge on any atom is -0.477 e. The summed E-state index contributed by atoms with van der Waals surface area (Å²) in [5.41, 5.74) is 0.958. The van der Waals surface area contributed by atoms with E-state index < -0.39 is 5.97 Å². The van der Waals surface area contributed by atoms with Gasteiger partial charge < -0.3 is 10.2 Å². The molecule has 0 amide bonds. The summed E-state index contributed by atoms with van der Waals surface area (Å²) in [6.45, 7) is 0. The van der Waals surface area contributed by atoms with Gasteiger partial charge in [0.25, 0.3) is 0 Å². The van der Waals surface area contributed by atoms with E-state index >= 15 is 0 Å². The Morgan fingerprint density at radius 1 is 1.33 bits per heavy atom. The van der Waals surface area contributed by atoms with Crippen LogP contribution in [0.5, 0.6) is 0 Å². The van der Waals surface area contributed by atoms with Crippen molar-refractivity contribution in [3.8, 4) is 0 Å². The largest absolute Gasteiger partial charge is 0.477 e. The lowest BCUT2D eigenvalue weighted by Crippen LogP contribution is -2.17. The zero-order chi connectivity index (χ0) is 10.8. The zero-order valence-corrected chi connectivity index (χ0v) is 9.17. The number of carboxylic acid groups (broad SMARTS) is 1. The molecule has 1 aromatic heterocycles. The summed E-state index contributed by atoms with van der Waals surface area (Å²) in [5, 5.41) is 20.2. The first kappa shape index (κ1) is 10.6. The highest BCUT2D eigenvalue weighted by Crippen LogP contribution is 2.36. The second-order valence-electron chi connectivity index (χ2n) is 4.02. The fourth-order valence-electron chi connectivity index (χ4n) is 2.20. The van der Waals surface area contributed by atoms with Crippen LogP contribution in [0.1, 0.15) is 46.8 Å². The molecule has 0 radical (unpaired) electrons. The molecule has 1 saturated carbocycles. The highest BCUT2D eigenvalue weighted by molar-refractivity contribution is 7.12. The van der Waals surface area contributed by atoms with Gasteiger partial charge in [0.15, 0.2) is 0 Å². The second kappa shape index (κ2) is 4.33. The molecule has 1 aliphatic carbocycles. The third-order valence-corrected chi connectivity index (χ3v) is 3.94. The molecule has 0 atom stereocenters. The molecule has 0 aliphatic heterocycles. The first-order chi connectivity index (χ1) is 7.18. The van der Waals surface area contributed by atoms with Crippen molar-refractivity contribution < 1.29 is 15.0 Å². The third-order valence-electron chi connectivity index (χ3n) is 3.03. The molecule has 2 rings (SSSR count). The number of aromatic carboxylic acids is 1. The predicted molar refractivity (Wildman–Crippen MR) is 58.5 cm³/mol. The topological polar surface area (TPSA) is 57.5 Å². The van der Waals surface area contributed by atoms with E-state index in [1.54, 1.807) is 0 Å². The Balaban J connectivity index is 2.15. The van der Waals surface area contributed by atoms with Crippen LogP contribution < -0.4 is 0 Å². The van der Waals surface area contributed by atoms with E-state index in [4.69, 9.17) is 5.11 Å². The van der Waals surface area contributed by atoms with Gasteiger partial charge in [-0.1, -0.05) is 0 Å². The number of thiophene rings is 1. The van der Waals surface area contributed by atoms with Crippen molar-refractivity contribution in [3.63, 3.8) is 0 Å². The molecule has 3 nitrogen and oxygen atoms in total. The molecule has 2 N–H and O–H groups in total. The summed E-state index contributed by atoms with van der Waals surface area (Å²) in [7, 11) is 0. The molecule has 1 heterocycles. The first-order valence-corrected chi connectivity index (χ1v) is 6.05. The first-order valence-electron chi connectivity index (χ1n) is 5.17. The van der Waals surface area contributed by atoms with Crippen molar-refractivity contribution in [1.82, 2.24) is 0 Å². The average molecular weight is 226 g/mol. The van der Waals surface area contributed by atoms with E-state index in [-0.39, 0.29) is 6.10 Å². The lowest BCUT2D eigenvalue weighted by atomic mass is 9.83. The van der Waals surface area contributed by atoms with Gasteiger partial charge in [0.05, 0.1) is 6.10 Å². The minimum atomic E-state index is -0.828. The molecule has 0 saturated heterocycles. The Morgan fingerprint density at radius 2 is 2.00 bits per heavy atom. The highest BCUT2D eigenvalue weighted by Gasteiger charge is 2.25. The monoisotopic (exact) mass is 226 g/mol. The molecular formula is C11H14O3S. The van der Waals surface area contributed by atoms with Crippen LogP contribution in [0.25, 0.3) is 0 Å². The van der Waals surface area contributed by atoms with E-state index in [9.17, 15) is 9.90 Å². The fourth-order valence-corrected chi connectivity index (χ4v) is 3.02. The molecular weight excluding hydrogens is 212 g/mol. The second-order valence-corrected chi connectivity index (χ2v) is 4.93. The molecule has 0 bridgehead atoms. The molecule has 15 heavy (non-hydrogen) atoms. The summed E-state index contributed by atoms with van der Waals surface area (Å²) in [4.78, 5) is 11.4. The highest BCUT2D eigenvalue weighted by atomic mass is 32.1. The minimum absolute atomic E-state index is 0.187. The molecule has 82 valence electrons. The Kier molecular flexibility index (Phi) is 3.07. The Hall–Kier alpha value is -0.870. The van der Waals surface area contributed by atoms with Crippen molar-refractivity contribution >= 4 is 17.3 Å².